The Balaban J connectivity index is 1.38. The Kier molecular flexibility index (Phi) is 4.60. The van der Waals surface area contributed by atoms with Gasteiger partial charge in [0, 0.05) is 24.6 Å². The molecule has 0 saturated carbocycles. The number of Topliss-reactive ketones (excluding diaryl/α,β-unsaturated/α-hetero) is 1. The highest BCUT2D eigenvalue weighted by molar-refractivity contribution is 6.26. The van der Waals surface area contributed by atoms with E-state index < -0.39 is 0 Å². The summed E-state index contributed by atoms with van der Waals surface area (Å²) in [6.07, 6.45) is 2.03. The van der Waals surface area contributed by atoms with E-state index in [1.807, 2.05) is 36.4 Å². The number of benzene rings is 4. The normalized spacial score (nSPS) is 11.3. The van der Waals surface area contributed by atoms with Crippen LogP contribution in [0.5, 0.6) is 0 Å². The van der Waals surface area contributed by atoms with Gasteiger partial charge >= 0.3 is 0 Å². The van der Waals surface area contributed by atoms with Gasteiger partial charge in [-0.15, -0.1) is 0 Å². The van der Waals surface area contributed by atoms with Gasteiger partial charge in [-0.1, -0.05) is 60.7 Å². The Morgan fingerprint density at radius 2 is 1.47 bits per heavy atom. The smallest absolute Gasteiger partial charge is 0.220 e. The molecule has 30 heavy (non-hydrogen) atoms. The van der Waals surface area contributed by atoms with Crippen LogP contribution in [0.2, 0.25) is 0 Å². The van der Waals surface area contributed by atoms with E-state index >= 15 is 0 Å². The molecule has 1 N–H and O–H groups in total. The van der Waals surface area contributed by atoms with Crippen LogP contribution in [0.25, 0.3) is 32.3 Å². The Hall–Kier alpha value is -3.79. The summed E-state index contributed by atoms with van der Waals surface area (Å²) in [6.45, 7) is 0.368. The lowest BCUT2D eigenvalue weighted by Crippen LogP contribution is -2.23. The van der Waals surface area contributed by atoms with Crippen molar-refractivity contribution in [2.45, 2.75) is 19.4 Å². The molecular formula is C26H20N2O2. The molecule has 4 aromatic carbocycles. The summed E-state index contributed by atoms with van der Waals surface area (Å²) in [7, 11) is 0. The van der Waals surface area contributed by atoms with Gasteiger partial charge in [-0.3, -0.25) is 14.6 Å². The highest BCUT2D eigenvalue weighted by Crippen LogP contribution is 2.36. The molecule has 1 aromatic heterocycles. The number of aromatic nitrogens is 1. The van der Waals surface area contributed by atoms with Crippen LogP contribution in [0, 0.1) is 0 Å². The van der Waals surface area contributed by atoms with Gasteiger partial charge in [0.05, 0.1) is 12.2 Å². The highest BCUT2D eigenvalue weighted by Gasteiger charge is 2.16. The third-order valence-electron chi connectivity index (χ3n) is 5.60. The molecule has 0 unspecified atom stereocenters. The van der Waals surface area contributed by atoms with E-state index in [0.717, 1.165) is 21.9 Å². The predicted molar refractivity (Wildman–Crippen MR) is 120 cm³/mol. The maximum absolute atomic E-state index is 13.0. The molecule has 0 aliphatic heterocycles. The summed E-state index contributed by atoms with van der Waals surface area (Å²) >= 11 is 0. The molecule has 0 bridgehead atoms. The zero-order chi connectivity index (χ0) is 20.5. The van der Waals surface area contributed by atoms with Crippen LogP contribution >= 0.6 is 0 Å². The summed E-state index contributed by atoms with van der Waals surface area (Å²) in [5.74, 6) is -0.160. The van der Waals surface area contributed by atoms with E-state index in [1.54, 1.807) is 6.20 Å². The fourth-order valence-corrected chi connectivity index (χ4v) is 4.12. The maximum atomic E-state index is 13.0. The van der Waals surface area contributed by atoms with Crippen molar-refractivity contribution in [3.8, 4) is 0 Å². The Bertz CT molecular complexity index is 1360. The van der Waals surface area contributed by atoms with Crippen molar-refractivity contribution >= 4 is 44.0 Å². The molecule has 146 valence electrons. The van der Waals surface area contributed by atoms with Crippen molar-refractivity contribution in [2.75, 3.05) is 0 Å². The Morgan fingerprint density at radius 1 is 0.733 bits per heavy atom. The molecule has 1 heterocycles. The van der Waals surface area contributed by atoms with Crippen molar-refractivity contribution in [1.82, 2.24) is 10.3 Å². The fourth-order valence-electron chi connectivity index (χ4n) is 4.12. The lowest BCUT2D eigenvalue weighted by molar-refractivity contribution is -0.121. The van der Waals surface area contributed by atoms with Crippen LogP contribution in [-0.2, 0) is 11.3 Å². The van der Waals surface area contributed by atoms with Crippen LogP contribution < -0.4 is 5.32 Å². The lowest BCUT2D eigenvalue weighted by Gasteiger charge is -2.13. The zero-order valence-corrected chi connectivity index (χ0v) is 16.4. The number of pyridine rings is 1. The van der Waals surface area contributed by atoms with Gasteiger partial charge < -0.3 is 5.32 Å². The van der Waals surface area contributed by atoms with Gasteiger partial charge in [0.25, 0.3) is 0 Å². The minimum Gasteiger partial charge on any atom is -0.350 e. The SMILES string of the molecule is O=C(CCC(=O)c1ccc2ccc3cccc4ccc1c2c34)NCc1ccccn1. The number of nitrogens with zero attached hydrogens (tertiary/aromatic N) is 1. The van der Waals surface area contributed by atoms with Crippen molar-refractivity contribution in [2.24, 2.45) is 0 Å². The molecule has 0 aliphatic carbocycles. The molecule has 0 aliphatic rings. The molecule has 0 saturated heterocycles. The molecule has 1 amide bonds. The number of hydrogen-bond donors (Lipinski definition) is 1. The van der Waals surface area contributed by atoms with Gasteiger partial charge in [0.1, 0.15) is 0 Å². The molecule has 5 aromatic rings. The first-order valence-corrected chi connectivity index (χ1v) is 10.1. The molecule has 0 fully saturated rings. The highest BCUT2D eigenvalue weighted by atomic mass is 16.2. The van der Waals surface area contributed by atoms with Crippen molar-refractivity contribution in [3.05, 3.63) is 90.3 Å². The topological polar surface area (TPSA) is 59.1 Å². The average molecular weight is 392 g/mol. The van der Waals surface area contributed by atoms with Crippen LogP contribution in [0.4, 0.5) is 0 Å². The lowest BCUT2D eigenvalue weighted by atomic mass is 9.90. The third-order valence-corrected chi connectivity index (χ3v) is 5.60. The first kappa shape index (κ1) is 18.3. The van der Waals surface area contributed by atoms with Crippen molar-refractivity contribution in [3.63, 3.8) is 0 Å². The molecule has 0 spiro atoms. The summed E-state index contributed by atoms with van der Waals surface area (Å²) in [5, 5.41) is 9.56. The van der Waals surface area contributed by atoms with E-state index in [2.05, 4.69) is 46.7 Å². The molecule has 4 heteroatoms. The van der Waals surface area contributed by atoms with Crippen LogP contribution in [-0.4, -0.2) is 16.7 Å². The quantitative estimate of drug-likeness (QED) is 0.317. The molecule has 0 atom stereocenters. The first-order valence-electron chi connectivity index (χ1n) is 10.1. The number of amides is 1. The third kappa shape index (κ3) is 3.26. The van der Waals surface area contributed by atoms with Gasteiger partial charge in [-0.05, 0) is 44.5 Å². The summed E-state index contributed by atoms with van der Waals surface area (Å²) in [5.41, 5.74) is 1.47. The summed E-state index contributed by atoms with van der Waals surface area (Å²) in [4.78, 5) is 29.4. The van der Waals surface area contributed by atoms with Gasteiger partial charge in [-0.25, -0.2) is 0 Å². The number of rotatable bonds is 6. The van der Waals surface area contributed by atoms with Gasteiger partial charge in [0.2, 0.25) is 5.91 Å². The minimum atomic E-state index is -0.147. The summed E-state index contributed by atoms with van der Waals surface area (Å²) < 4.78 is 0. The largest absolute Gasteiger partial charge is 0.350 e. The van der Waals surface area contributed by atoms with Gasteiger partial charge in [-0.2, -0.15) is 0 Å². The standard InChI is InChI=1S/C26H20N2O2/c29-23(13-14-24(30)28-16-20-6-1-2-15-27-20)21-11-9-19-8-7-17-4-3-5-18-10-12-22(21)26(19)25(17)18/h1-12,15H,13-14,16H2,(H,28,30). The number of hydrogen-bond acceptors (Lipinski definition) is 3. The molecule has 0 radical (unpaired) electrons. The van der Waals surface area contributed by atoms with Gasteiger partial charge in [0.15, 0.2) is 5.78 Å². The summed E-state index contributed by atoms with van der Waals surface area (Å²) in [6, 6.07) is 24.0. The predicted octanol–water partition coefficient (Wildman–Crippen LogP) is 5.26. The monoisotopic (exact) mass is 392 g/mol. The molecule has 4 nitrogen and oxygen atoms in total. The Morgan fingerprint density at radius 3 is 2.23 bits per heavy atom. The average Bonchev–Trinajstić information content (AvgIpc) is 2.80. The first-order chi connectivity index (χ1) is 14.7. The number of nitrogens with one attached hydrogen (secondary N) is 1. The van der Waals surface area contributed by atoms with E-state index in [9.17, 15) is 9.59 Å². The van der Waals surface area contributed by atoms with Crippen molar-refractivity contribution < 1.29 is 9.59 Å². The van der Waals surface area contributed by atoms with E-state index in [1.165, 1.54) is 16.2 Å². The van der Waals surface area contributed by atoms with Crippen molar-refractivity contribution in [1.29, 1.82) is 0 Å². The van der Waals surface area contributed by atoms with Crippen LogP contribution in [0.15, 0.2) is 79.0 Å². The van der Waals surface area contributed by atoms with E-state index in [4.69, 9.17) is 0 Å². The van der Waals surface area contributed by atoms with E-state index in [0.29, 0.717) is 12.1 Å². The molecular weight excluding hydrogens is 372 g/mol. The number of ketones is 1. The second-order valence-corrected chi connectivity index (χ2v) is 7.49. The van der Waals surface area contributed by atoms with E-state index in [-0.39, 0.29) is 24.5 Å². The number of carbonyl (C=O) groups excluding carboxylic acids is 2. The zero-order valence-electron chi connectivity index (χ0n) is 16.4. The maximum Gasteiger partial charge on any atom is 0.220 e. The Labute approximate surface area is 173 Å². The van der Waals surface area contributed by atoms with Crippen LogP contribution in [0.1, 0.15) is 28.9 Å². The second kappa shape index (κ2) is 7.56. The second-order valence-electron chi connectivity index (χ2n) is 7.49. The minimum absolute atomic E-state index is 0.0130. The molecule has 5 rings (SSSR count). The van der Waals surface area contributed by atoms with Crippen LogP contribution in [0.3, 0.4) is 0 Å². The fraction of sp³-hybridized carbons (Fsp3) is 0.115. The number of carbonyl (C=O) groups is 2.